The minimum absolute atomic E-state index is 0.0318. The van der Waals surface area contributed by atoms with E-state index >= 15 is 0 Å². The Labute approximate surface area is 124 Å². The maximum absolute atomic E-state index is 12.1. The molecular formula is C16H22N2O3. The zero-order chi connectivity index (χ0) is 15.2. The number of amides is 1. The van der Waals surface area contributed by atoms with E-state index in [0.29, 0.717) is 0 Å². The Morgan fingerprint density at radius 3 is 2.67 bits per heavy atom. The molecule has 5 heteroatoms. The lowest BCUT2D eigenvalue weighted by molar-refractivity contribution is -0.137. The van der Waals surface area contributed by atoms with Crippen LogP contribution in [0.5, 0.6) is 0 Å². The van der Waals surface area contributed by atoms with Crippen molar-refractivity contribution in [3.63, 3.8) is 0 Å². The van der Waals surface area contributed by atoms with Gasteiger partial charge in [-0.15, -0.1) is 0 Å². The van der Waals surface area contributed by atoms with Crippen molar-refractivity contribution in [3.05, 3.63) is 29.8 Å². The van der Waals surface area contributed by atoms with E-state index in [4.69, 9.17) is 5.11 Å². The fraction of sp³-hybridized carbons (Fsp3) is 0.500. The molecule has 0 spiro atoms. The summed E-state index contributed by atoms with van der Waals surface area (Å²) in [6.45, 7) is 3.61. The Hall–Kier alpha value is -1.88. The van der Waals surface area contributed by atoms with Gasteiger partial charge < -0.3 is 15.7 Å². The molecule has 3 N–H and O–H groups in total. The zero-order valence-electron chi connectivity index (χ0n) is 12.3. The minimum Gasteiger partial charge on any atom is -0.481 e. The molecule has 1 heterocycles. The summed E-state index contributed by atoms with van der Waals surface area (Å²) in [7, 11) is 0. The predicted octanol–water partition coefficient (Wildman–Crippen LogP) is 2.20. The lowest BCUT2D eigenvalue weighted by Crippen LogP contribution is -2.37. The molecule has 2 rings (SSSR count). The molecule has 1 aromatic rings. The zero-order valence-corrected chi connectivity index (χ0v) is 12.3. The minimum atomic E-state index is -0.801. The topological polar surface area (TPSA) is 78.4 Å². The molecule has 0 bridgehead atoms. The largest absolute Gasteiger partial charge is 0.481 e. The molecule has 5 nitrogen and oxygen atoms in total. The highest BCUT2D eigenvalue weighted by molar-refractivity contribution is 5.92. The Morgan fingerprint density at radius 1 is 1.38 bits per heavy atom. The van der Waals surface area contributed by atoms with Gasteiger partial charge in [-0.2, -0.15) is 0 Å². The molecule has 114 valence electrons. The number of hydrogen-bond donors (Lipinski definition) is 3. The molecule has 1 aliphatic rings. The van der Waals surface area contributed by atoms with Gasteiger partial charge in [0.25, 0.3) is 0 Å². The van der Waals surface area contributed by atoms with Crippen LogP contribution in [0.2, 0.25) is 0 Å². The van der Waals surface area contributed by atoms with Gasteiger partial charge in [-0.3, -0.25) is 9.59 Å². The second-order valence-corrected chi connectivity index (χ2v) is 5.65. The van der Waals surface area contributed by atoms with Crippen LogP contribution in [-0.2, 0) is 9.59 Å². The third kappa shape index (κ3) is 4.56. The molecule has 0 aliphatic carbocycles. The number of nitrogens with one attached hydrogen (secondary N) is 2. The van der Waals surface area contributed by atoms with Crippen molar-refractivity contribution >= 4 is 17.6 Å². The molecule has 0 radical (unpaired) electrons. The maximum atomic E-state index is 12.1. The molecule has 1 aromatic carbocycles. The summed E-state index contributed by atoms with van der Waals surface area (Å²) in [5.41, 5.74) is 1.73. The van der Waals surface area contributed by atoms with Gasteiger partial charge in [0, 0.05) is 12.2 Å². The first-order valence-electron chi connectivity index (χ1n) is 7.39. The first-order chi connectivity index (χ1) is 10.1. The molecule has 1 fully saturated rings. The monoisotopic (exact) mass is 290 g/mol. The van der Waals surface area contributed by atoms with Gasteiger partial charge in [-0.25, -0.2) is 0 Å². The SMILES string of the molecule is CC(CC(=O)O)c1ccc(NC(=O)[C@H]2CCCNC2)cc1. The van der Waals surface area contributed by atoms with Crippen LogP contribution in [0.1, 0.15) is 37.7 Å². The second kappa shape index (κ2) is 7.22. The van der Waals surface area contributed by atoms with Crippen molar-refractivity contribution in [2.24, 2.45) is 5.92 Å². The molecule has 1 aliphatic heterocycles. The van der Waals surface area contributed by atoms with Crippen LogP contribution in [0.3, 0.4) is 0 Å². The number of carboxylic acids is 1. The van der Waals surface area contributed by atoms with Gasteiger partial charge >= 0.3 is 5.97 Å². The number of rotatable bonds is 5. The maximum Gasteiger partial charge on any atom is 0.303 e. The van der Waals surface area contributed by atoms with Crippen LogP contribution in [0.4, 0.5) is 5.69 Å². The third-order valence-corrected chi connectivity index (χ3v) is 3.90. The molecule has 2 atom stereocenters. The van der Waals surface area contributed by atoms with Gasteiger partial charge in [0.15, 0.2) is 0 Å². The first-order valence-corrected chi connectivity index (χ1v) is 7.39. The second-order valence-electron chi connectivity index (χ2n) is 5.65. The number of anilines is 1. The Bertz CT molecular complexity index is 493. The lowest BCUT2D eigenvalue weighted by Gasteiger charge is -2.22. The number of carbonyl (C=O) groups excluding carboxylic acids is 1. The average molecular weight is 290 g/mol. The number of benzene rings is 1. The number of piperidine rings is 1. The van der Waals surface area contributed by atoms with Crippen LogP contribution < -0.4 is 10.6 Å². The molecule has 1 amide bonds. The van der Waals surface area contributed by atoms with Crippen molar-refractivity contribution in [2.45, 2.75) is 32.1 Å². The number of aliphatic carboxylic acids is 1. The van der Waals surface area contributed by atoms with Crippen LogP contribution in [0.15, 0.2) is 24.3 Å². The highest BCUT2D eigenvalue weighted by atomic mass is 16.4. The van der Waals surface area contributed by atoms with Gasteiger partial charge in [0.1, 0.15) is 0 Å². The fourth-order valence-electron chi connectivity index (χ4n) is 2.59. The van der Waals surface area contributed by atoms with E-state index in [9.17, 15) is 9.59 Å². The van der Waals surface area contributed by atoms with Crippen molar-refractivity contribution in [1.82, 2.24) is 5.32 Å². The lowest BCUT2D eigenvalue weighted by atomic mass is 9.97. The molecule has 0 aromatic heterocycles. The van der Waals surface area contributed by atoms with Gasteiger partial charge in [-0.05, 0) is 43.0 Å². The van der Waals surface area contributed by atoms with Crippen LogP contribution in [0.25, 0.3) is 0 Å². The first kappa shape index (κ1) is 15.5. The summed E-state index contributed by atoms with van der Waals surface area (Å²) in [5.74, 6) is -0.752. The van der Waals surface area contributed by atoms with E-state index in [2.05, 4.69) is 10.6 Å². The van der Waals surface area contributed by atoms with Gasteiger partial charge in [0.05, 0.1) is 12.3 Å². The Kier molecular flexibility index (Phi) is 5.33. The summed E-state index contributed by atoms with van der Waals surface area (Å²) >= 11 is 0. The quantitative estimate of drug-likeness (QED) is 0.777. The molecule has 1 saturated heterocycles. The van der Waals surface area contributed by atoms with E-state index in [1.807, 2.05) is 31.2 Å². The van der Waals surface area contributed by atoms with Crippen LogP contribution in [0, 0.1) is 5.92 Å². The summed E-state index contributed by atoms with van der Waals surface area (Å²) in [6, 6.07) is 7.42. The molecular weight excluding hydrogens is 268 g/mol. The molecule has 21 heavy (non-hydrogen) atoms. The number of carboxylic acid groups (broad SMARTS) is 1. The number of carbonyl (C=O) groups is 2. The van der Waals surface area contributed by atoms with Gasteiger partial charge in [-0.1, -0.05) is 19.1 Å². The van der Waals surface area contributed by atoms with Crippen molar-refractivity contribution in [1.29, 1.82) is 0 Å². The van der Waals surface area contributed by atoms with E-state index in [1.165, 1.54) is 0 Å². The van der Waals surface area contributed by atoms with E-state index in [-0.39, 0.29) is 24.2 Å². The van der Waals surface area contributed by atoms with Crippen molar-refractivity contribution in [3.8, 4) is 0 Å². The summed E-state index contributed by atoms with van der Waals surface area (Å²) in [6.07, 6.45) is 2.07. The van der Waals surface area contributed by atoms with Crippen LogP contribution in [-0.4, -0.2) is 30.1 Å². The summed E-state index contributed by atoms with van der Waals surface area (Å²) in [5, 5.41) is 15.0. The number of hydrogen-bond acceptors (Lipinski definition) is 3. The van der Waals surface area contributed by atoms with Gasteiger partial charge in [0.2, 0.25) is 5.91 Å². The highest BCUT2D eigenvalue weighted by Gasteiger charge is 2.20. The predicted molar refractivity (Wildman–Crippen MR) is 81.3 cm³/mol. The normalized spacial score (nSPS) is 19.8. The van der Waals surface area contributed by atoms with E-state index in [0.717, 1.165) is 37.2 Å². The van der Waals surface area contributed by atoms with E-state index < -0.39 is 5.97 Å². The average Bonchev–Trinajstić information content (AvgIpc) is 2.48. The third-order valence-electron chi connectivity index (χ3n) is 3.90. The van der Waals surface area contributed by atoms with Crippen molar-refractivity contribution in [2.75, 3.05) is 18.4 Å². The van der Waals surface area contributed by atoms with Crippen LogP contribution >= 0.6 is 0 Å². The standard InChI is InChI=1S/C16H22N2O3/c1-11(9-15(19)20)12-4-6-14(7-5-12)18-16(21)13-3-2-8-17-10-13/h4-7,11,13,17H,2-3,8-10H2,1H3,(H,18,21)(H,19,20)/t11?,13-/m0/s1. The Morgan fingerprint density at radius 2 is 2.10 bits per heavy atom. The molecule has 0 saturated carbocycles. The highest BCUT2D eigenvalue weighted by Crippen LogP contribution is 2.21. The summed E-state index contributed by atoms with van der Waals surface area (Å²) in [4.78, 5) is 22.8. The fourth-order valence-corrected chi connectivity index (χ4v) is 2.59. The summed E-state index contributed by atoms with van der Waals surface area (Å²) < 4.78 is 0. The Balaban J connectivity index is 1.92. The smallest absolute Gasteiger partial charge is 0.303 e. The van der Waals surface area contributed by atoms with E-state index in [1.54, 1.807) is 0 Å². The van der Waals surface area contributed by atoms with Crippen molar-refractivity contribution < 1.29 is 14.7 Å². The molecule has 1 unspecified atom stereocenters.